The minimum Gasteiger partial charge on any atom is -0.497 e. The average molecular weight is 475 g/mol. The Morgan fingerprint density at radius 2 is 1.90 bits per heavy atom. The predicted octanol–water partition coefficient (Wildman–Crippen LogP) is 2.55. The summed E-state index contributed by atoms with van der Waals surface area (Å²) in [5.41, 5.74) is -0.431. The highest BCUT2D eigenvalue weighted by molar-refractivity contribution is 9.10. The maximum atomic E-state index is 13.4. The number of hydrogen-bond acceptors (Lipinski definition) is 6. The van der Waals surface area contributed by atoms with Crippen LogP contribution in [0.2, 0.25) is 0 Å². The molecule has 1 amide bonds. The van der Waals surface area contributed by atoms with Crippen molar-refractivity contribution in [1.82, 2.24) is 4.90 Å². The molecular formula is C22H23BrN2O5. The number of aliphatic hydroxyl groups is 1. The number of amides is 1. The van der Waals surface area contributed by atoms with Gasteiger partial charge in [-0.3, -0.25) is 19.4 Å². The molecule has 0 aliphatic carbocycles. The van der Waals surface area contributed by atoms with Gasteiger partial charge in [-0.15, -0.1) is 0 Å². The summed E-state index contributed by atoms with van der Waals surface area (Å²) in [5, 5.41) is 11.5. The van der Waals surface area contributed by atoms with E-state index in [1.165, 1.54) is 0 Å². The van der Waals surface area contributed by atoms with Gasteiger partial charge in [0.15, 0.2) is 11.4 Å². The Bertz CT molecular complexity index is 959. The van der Waals surface area contributed by atoms with Crippen molar-refractivity contribution in [3.63, 3.8) is 0 Å². The van der Waals surface area contributed by atoms with Crippen LogP contribution in [0.25, 0.3) is 0 Å². The predicted molar refractivity (Wildman–Crippen MR) is 115 cm³/mol. The summed E-state index contributed by atoms with van der Waals surface area (Å²) in [6.45, 7) is 2.97. The highest BCUT2D eigenvalue weighted by Crippen LogP contribution is 2.44. The van der Waals surface area contributed by atoms with Crippen molar-refractivity contribution in [2.45, 2.75) is 12.0 Å². The van der Waals surface area contributed by atoms with Crippen LogP contribution in [0.4, 0.5) is 5.69 Å². The number of carbonyl (C=O) groups is 2. The third kappa shape index (κ3) is 3.88. The van der Waals surface area contributed by atoms with Crippen LogP contribution in [0, 0.1) is 0 Å². The zero-order valence-corrected chi connectivity index (χ0v) is 18.2. The minimum atomic E-state index is -1.91. The molecular weight excluding hydrogens is 452 g/mol. The van der Waals surface area contributed by atoms with Crippen molar-refractivity contribution in [3.8, 4) is 5.75 Å². The zero-order valence-electron chi connectivity index (χ0n) is 16.6. The number of halogens is 1. The molecule has 2 aliphatic rings. The number of Topliss-reactive ketones (excluding diaryl/α,β-unsaturated/α-hetero) is 1. The van der Waals surface area contributed by atoms with E-state index in [9.17, 15) is 14.7 Å². The molecule has 1 atom stereocenters. The van der Waals surface area contributed by atoms with Crippen LogP contribution in [0.3, 0.4) is 0 Å². The van der Waals surface area contributed by atoms with E-state index in [0.29, 0.717) is 55.5 Å². The monoisotopic (exact) mass is 474 g/mol. The van der Waals surface area contributed by atoms with E-state index in [1.807, 2.05) is 6.07 Å². The first-order chi connectivity index (χ1) is 14.4. The third-order valence-corrected chi connectivity index (χ3v) is 6.06. The first-order valence-corrected chi connectivity index (χ1v) is 10.5. The Kier molecular flexibility index (Phi) is 5.92. The number of nitrogens with zero attached hydrogens (tertiary/aromatic N) is 2. The normalized spacial score (nSPS) is 21.6. The molecule has 158 valence electrons. The Hall–Kier alpha value is -2.26. The largest absolute Gasteiger partial charge is 0.497 e. The van der Waals surface area contributed by atoms with Crippen LogP contribution in [0.5, 0.6) is 5.75 Å². The van der Waals surface area contributed by atoms with Crippen molar-refractivity contribution in [2.24, 2.45) is 0 Å². The van der Waals surface area contributed by atoms with Gasteiger partial charge >= 0.3 is 0 Å². The molecule has 1 saturated heterocycles. The Balaban J connectivity index is 1.63. The molecule has 8 heteroatoms. The summed E-state index contributed by atoms with van der Waals surface area (Å²) in [6, 6.07) is 12.0. The quantitative estimate of drug-likeness (QED) is 0.648. The molecule has 7 nitrogen and oxygen atoms in total. The maximum absolute atomic E-state index is 13.4. The summed E-state index contributed by atoms with van der Waals surface area (Å²) in [5.74, 6) is -0.162. The molecule has 0 aromatic heterocycles. The number of methoxy groups -OCH3 is 1. The molecule has 2 aromatic carbocycles. The van der Waals surface area contributed by atoms with E-state index < -0.39 is 11.5 Å². The lowest BCUT2D eigenvalue weighted by Crippen LogP contribution is -2.49. The number of ketones is 1. The molecule has 0 bridgehead atoms. The molecule has 0 unspecified atom stereocenters. The first-order valence-electron chi connectivity index (χ1n) is 9.74. The highest BCUT2D eigenvalue weighted by atomic mass is 79.9. The highest BCUT2D eigenvalue weighted by Gasteiger charge is 2.51. The van der Waals surface area contributed by atoms with Gasteiger partial charge in [0.2, 0.25) is 0 Å². The molecule has 1 fully saturated rings. The van der Waals surface area contributed by atoms with Crippen molar-refractivity contribution in [3.05, 3.63) is 58.1 Å². The molecule has 2 heterocycles. The topological polar surface area (TPSA) is 79.3 Å². The number of hydrogen-bond donors (Lipinski definition) is 1. The molecule has 2 aromatic rings. The van der Waals surface area contributed by atoms with E-state index in [4.69, 9.17) is 9.47 Å². The fraction of sp³-hybridized carbons (Fsp3) is 0.364. The Labute approximate surface area is 183 Å². The van der Waals surface area contributed by atoms with Crippen LogP contribution in [0.1, 0.15) is 22.3 Å². The zero-order chi connectivity index (χ0) is 21.3. The lowest BCUT2D eigenvalue weighted by molar-refractivity contribution is -0.136. The SMILES string of the molecule is COc1ccc(C(=O)C[C@@]2(O)C(=O)N(CN3CCOCC3)c3ccc(Br)cc32)cc1. The lowest BCUT2D eigenvalue weighted by atomic mass is 9.88. The van der Waals surface area contributed by atoms with Crippen molar-refractivity contribution < 1.29 is 24.2 Å². The van der Waals surface area contributed by atoms with Crippen LogP contribution in [-0.2, 0) is 15.1 Å². The average Bonchev–Trinajstić information content (AvgIpc) is 2.96. The second-order valence-corrected chi connectivity index (χ2v) is 8.37. The second-order valence-electron chi connectivity index (χ2n) is 7.46. The number of morpholine rings is 1. The van der Waals surface area contributed by atoms with E-state index >= 15 is 0 Å². The summed E-state index contributed by atoms with van der Waals surface area (Å²) in [7, 11) is 1.55. The van der Waals surface area contributed by atoms with E-state index in [0.717, 1.165) is 4.47 Å². The van der Waals surface area contributed by atoms with Crippen molar-refractivity contribution in [1.29, 1.82) is 0 Å². The van der Waals surface area contributed by atoms with Gasteiger partial charge in [0.25, 0.3) is 5.91 Å². The number of carbonyl (C=O) groups excluding carboxylic acids is 2. The van der Waals surface area contributed by atoms with Crippen LogP contribution in [0.15, 0.2) is 46.9 Å². The fourth-order valence-corrected chi connectivity index (χ4v) is 4.25. The second kappa shape index (κ2) is 8.47. The smallest absolute Gasteiger partial charge is 0.265 e. The van der Waals surface area contributed by atoms with Crippen molar-refractivity contribution >= 4 is 33.3 Å². The van der Waals surface area contributed by atoms with Gasteiger partial charge in [-0.05, 0) is 42.5 Å². The summed E-state index contributed by atoms with van der Waals surface area (Å²) < 4.78 is 11.2. The molecule has 4 rings (SSSR count). The number of anilines is 1. The van der Waals surface area contributed by atoms with Gasteiger partial charge in [0.1, 0.15) is 5.75 Å². The lowest BCUT2D eigenvalue weighted by Gasteiger charge is -2.31. The maximum Gasteiger partial charge on any atom is 0.265 e. The summed E-state index contributed by atoms with van der Waals surface area (Å²) in [6.07, 6.45) is -0.332. The summed E-state index contributed by atoms with van der Waals surface area (Å²) >= 11 is 3.42. The fourth-order valence-electron chi connectivity index (χ4n) is 3.89. The van der Waals surface area contributed by atoms with Crippen LogP contribution < -0.4 is 9.64 Å². The van der Waals surface area contributed by atoms with Crippen LogP contribution >= 0.6 is 15.9 Å². The Morgan fingerprint density at radius 1 is 1.20 bits per heavy atom. The van der Waals surface area contributed by atoms with Gasteiger partial charge in [-0.2, -0.15) is 0 Å². The molecule has 30 heavy (non-hydrogen) atoms. The van der Waals surface area contributed by atoms with Crippen LogP contribution in [-0.4, -0.2) is 61.8 Å². The van der Waals surface area contributed by atoms with Gasteiger partial charge in [-0.25, -0.2) is 0 Å². The van der Waals surface area contributed by atoms with Gasteiger partial charge in [0, 0.05) is 28.7 Å². The van der Waals surface area contributed by atoms with E-state index in [2.05, 4.69) is 20.8 Å². The third-order valence-electron chi connectivity index (χ3n) is 5.57. The standard InChI is InChI=1S/C22H23BrN2O5/c1-29-17-5-2-15(3-6-17)20(26)13-22(28)18-12-16(23)4-7-19(18)25(21(22)27)14-24-8-10-30-11-9-24/h2-7,12,28H,8-11,13-14H2,1H3/t22-/m0/s1. The number of benzene rings is 2. The molecule has 0 radical (unpaired) electrons. The molecule has 1 N–H and O–H groups in total. The number of fused-ring (bicyclic) bond motifs is 1. The van der Waals surface area contributed by atoms with Crippen molar-refractivity contribution in [2.75, 3.05) is 45.0 Å². The summed E-state index contributed by atoms with van der Waals surface area (Å²) in [4.78, 5) is 30.0. The number of ether oxygens (including phenoxy) is 2. The van der Waals surface area contributed by atoms with Gasteiger partial charge in [0.05, 0.1) is 39.1 Å². The molecule has 2 aliphatic heterocycles. The van der Waals surface area contributed by atoms with E-state index in [-0.39, 0.29) is 12.2 Å². The van der Waals surface area contributed by atoms with E-state index in [1.54, 1.807) is 48.4 Å². The minimum absolute atomic E-state index is 0.312. The van der Waals surface area contributed by atoms with Gasteiger partial charge in [-0.1, -0.05) is 15.9 Å². The first kappa shape index (κ1) is 21.0. The number of rotatable bonds is 6. The molecule has 0 saturated carbocycles. The van der Waals surface area contributed by atoms with Gasteiger partial charge < -0.3 is 14.6 Å². The Morgan fingerprint density at radius 3 is 2.57 bits per heavy atom. The molecule has 0 spiro atoms.